The quantitative estimate of drug-likeness (QED) is 0.344. The molecule has 0 aliphatic carbocycles. The van der Waals surface area contributed by atoms with Crippen LogP contribution < -0.4 is 5.73 Å². The number of nitrogen functional groups attached to an aromatic ring is 1. The first-order chi connectivity index (χ1) is 6.73. The molecule has 0 aliphatic heterocycles. The van der Waals surface area contributed by atoms with Gasteiger partial charge in [0, 0.05) is 0 Å². The fourth-order valence-corrected chi connectivity index (χ4v) is 0.989. The molecule has 15 heavy (non-hydrogen) atoms. The van der Waals surface area contributed by atoms with Gasteiger partial charge in [0.15, 0.2) is 0 Å². The van der Waals surface area contributed by atoms with E-state index in [4.69, 9.17) is 5.73 Å². The number of anilines is 1. The Morgan fingerprint density at radius 3 is 2.27 bits per heavy atom. The molecule has 4 nitrogen and oxygen atoms in total. The maximum Gasteiger partial charge on any atom is 0.418 e. The Morgan fingerprint density at radius 2 is 1.87 bits per heavy atom. The van der Waals surface area contributed by atoms with E-state index in [-0.39, 0.29) is 6.07 Å². The average molecular weight is 224 g/mol. The summed E-state index contributed by atoms with van der Waals surface area (Å²) in [7, 11) is 0. The van der Waals surface area contributed by atoms with Crippen molar-refractivity contribution in [3.63, 3.8) is 0 Å². The third-order valence-corrected chi connectivity index (χ3v) is 1.63. The molecule has 0 saturated heterocycles. The summed E-state index contributed by atoms with van der Waals surface area (Å²) in [5, 5.41) is 10.2. The van der Waals surface area contributed by atoms with E-state index in [1.54, 1.807) is 0 Å². The summed E-state index contributed by atoms with van der Waals surface area (Å²) >= 11 is 0. The highest BCUT2D eigenvalue weighted by atomic mass is 19.4. The summed E-state index contributed by atoms with van der Waals surface area (Å²) in [5.74, 6) is -1.36. The van der Waals surface area contributed by atoms with Crippen LogP contribution in [0.5, 0.6) is 0 Å². The highest BCUT2D eigenvalue weighted by Crippen LogP contribution is 2.38. The highest BCUT2D eigenvalue weighted by molar-refractivity contribution is 5.64. The van der Waals surface area contributed by atoms with Crippen LogP contribution in [0.3, 0.4) is 0 Å². The van der Waals surface area contributed by atoms with Gasteiger partial charge in [0.05, 0.1) is 16.6 Å². The fourth-order valence-electron chi connectivity index (χ4n) is 0.989. The van der Waals surface area contributed by atoms with Crippen molar-refractivity contribution in [2.75, 3.05) is 5.73 Å². The number of nitro benzene ring substituents is 1. The highest BCUT2D eigenvalue weighted by Gasteiger charge is 2.36. The van der Waals surface area contributed by atoms with Crippen molar-refractivity contribution in [3.05, 3.63) is 33.6 Å². The molecular formula is C7H4F4N2O2. The Bertz CT molecular complexity index is 416. The predicted molar refractivity (Wildman–Crippen MR) is 42.5 cm³/mol. The lowest BCUT2D eigenvalue weighted by Gasteiger charge is -2.09. The van der Waals surface area contributed by atoms with Gasteiger partial charge < -0.3 is 5.73 Å². The minimum atomic E-state index is -4.92. The Hall–Kier alpha value is -1.86. The first-order valence-corrected chi connectivity index (χ1v) is 3.54. The Morgan fingerprint density at radius 1 is 1.33 bits per heavy atom. The number of nitro groups is 1. The third-order valence-electron chi connectivity index (χ3n) is 1.63. The van der Waals surface area contributed by atoms with Crippen LogP contribution in [-0.4, -0.2) is 4.92 Å². The molecule has 0 atom stereocenters. The van der Waals surface area contributed by atoms with Crippen LogP contribution in [-0.2, 0) is 6.18 Å². The molecule has 0 unspecified atom stereocenters. The first-order valence-electron chi connectivity index (χ1n) is 3.54. The number of benzene rings is 1. The van der Waals surface area contributed by atoms with E-state index in [0.29, 0.717) is 6.07 Å². The molecule has 0 heterocycles. The fraction of sp³-hybridized carbons (Fsp3) is 0.143. The topological polar surface area (TPSA) is 69.2 Å². The molecule has 1 rings (SSSR count). The number of alkyl halides is 3. The van der Waals surface area contributed by atoms with Crippen LogP contribution in [0.2, 0.25) is 0 Å². The van der Waals surface area contributed by atoms with Gasteiger partial charge in [-0.25, -0.2) is 4.39 Å². The maximum absolute atomic E-state index is 12.6. The molecule has 82 valence electrons. The van der Waals surface area contributed by atoms with E-state index in [2.05, 4.69) is 0 Å². The Balaban J connectivity index is 3.49. The van der Waals surface area contributed by atoms with Crippen molar-refractivity contribution in [3.8, 4) is 0 Å². The number of halogens is 4. The minimum Gasteiger partial charge on any atom is -0.393 e. The van der Waals surface area contributed by atoms with E-state index >= 15 is 0 Å². The third kappa shape index (κ3) is 2.14. The smallest absolute Gasteiger partial charge is 0.393 e. The van der Waals surface area contributed by atoms with E-state index in [1.807, 2.05) is 0 Å². The van der Waals surface area contributed by atoms with Gasteiger partial charge in [0.1, 0.15) is 11.5 Å². The van der Waals surface area contributed by atoms with Gasteiger partial charge in [-0.15, -0.1) is 0 Å². The van der Waals surface area contributed by atoms with E-state index in [1.165, 1.54) is 0 Å². The molecule has 1 aromatic carbocycles. The summed E-state index contributed by atoms with van der Waals surface area (Å²) in [6.07, 6.45) is -4.92. The zero-order chi connectivity index (χ0) is 11.8. The summed E-state index contributed by atoms with van der Waals surface area (Å²) in [6.45, 7) is 0. The summed E-state index contributed by atoms with van der Waals surface area (Å²) in [5.41, 5.74) is 1.18. The summed E-state index contributed by atoms with van der Waals surface area (Å²) in [6, 6.07) is 0.451. The number of nitrogens with zero attached hydrogens (tertiary/aromatic N) is 1. The standard InChI is InChI=1S/C7H4F4N2O2/c8-3-1-4(7(9,10)11)6(12)5(2-3)13(14)15/h1-2H,12H2. The van der Waals surface area contributed by atoms with Gasteiger partial charge in [0.25, 0.3) is 5.69 Å². The molecule has 0 saturated carbocycles. The summed E-state index contributed by atoms with van der Waals surface area (Å²) in [4.78, 5) is 9.07. The van der Waals surface area contributed by atoms with Crippen molar-refractivity contribution in [2.24, 2.45) is 0 Å². The lowest BCUT2D eigenvalue weighted by atomic mass is 10.1. The molecule has 0 aromatic heterocycles. The van der Waals surface area contributed by atoms with Crippen LogP contribution in [0.1, 0.15) is 5.56 Å². The lowest BCUT2D eigenvalue weighted by Crippen LogP contribution is -2.11. The van der Waals surface area contributed by atoms with Crippen molar-refractivity contribution >= 4 is 11.4 Å². The molecule has 0 amide bonds. The number of rotatable bonds is 1. The van der Waals surface area contributed by atoms with Gasteiger partial charge in [0.2, 0.25) is 0 Å². The monoisotopic (exact) mass is 224 g/mol. The van der Waals surface area contributed by atoms with Crippen LogP contribution in [0, 0.1) is 15.9 Å². The molecule has 0 aliphatic rings. The SMILES string of the molecule is Nc1c([N+](=O)[O-])cc(F)cc1C(F)(F)F. The van der Waals surface area contributed by atoms with Crippen LogP contribution in [0.15, 0.2) is 12.1 Å². The minimum absolute atomic E-state index is 0.113. The van der Waals surface area contributed by atoms with Crippen LogP contribution >= 0.6 is 0 Å². The zero-order valence-corrected chi connectivity index (χ0v) is 7.01. The van der Waals surface area contributed by atoms with Crippen LogP contribution in [0.25, 0.3) is 0 Å². The van der Waals surface area contributed by atoms with Gasteiger partial charge >= 0.3 is 6.18 Å². The Labute approximate surface area is 80.5 Å². The van der Waals surface area contributed by atoms with Gasteiger partial charge in [-0.2, -0.15) is 13.2 Å². The van der Waals surface area contributed by atoms with E-state index in [9.17, 15) is 27.7 Å². The second kappa shape index (κ2) is 3.37. The van der Waals surface area contributed by atoms with Crippen molar-refractivity contribution < 1.29 is 22.5 Å². The molecule has 0 bridgehead atoms. The number of hydrogen-bond acceptors (Lipinski definition) is 3. The van der Waals surface area contributed by atoms with E-state index in [0.717, 1.165) is 0 Å². The molecule has 2 N–H and O–H groups in total. The molecule has 0 radical (unpaired) electrons. The second-order valence-electron chi connectivity index (χ2n) is 2.64. The second-order valence-corrected chi connectivity index (χ2v) is 2.64. The van der Waals surface area contributed by atoms with Crippen molar-refractivity contribution in [2.45, 2.75) is 6.18 Å². The Kier molecular flexibility index (Phi) is 2.52. The molecule has 0 spiro atoms. The first kappa shape index (κ1) is 11.2. The largest absolute Gasteiger partial charge is 0.418 e. The molecule has 8 heteroatoms. The van der Waals surface area contributed by atoms with E-state index < -0.39 is 33.9 Å². The average Bonchev–Trinajstić information content (AvgIpc) is 2.06. The predicted octanol–water partition coefficient (Wildman–Crippen LogP) is 2.33. The number of nitrogens with two attached hydrogens (primary N) is 1. The lowest BCUT2D eigenvalue weighted by molar-refractivity contribution is -0.384. The summed E-state index contributed by atoms with van der Waals surface area (Å²) < 4.78 is 49.2. The normalized spacial score (nSPS) is 11.5. The molecule has 0 fully saturated rings. The van der Waals surface area contributed by atoms with Crippen LogP contribution in [0.4, 0.5) is 28.9 Å². The van der Waals surface area contributed by atoms with Gasteiger partial charge in [-0.3, -0.25) is 10.1 Å². The zero-order valence-electron chi connectivity index (χ0n) is 7.01. The van der Waals surface area contributed by atoms with Crippen molar-refractivity contribution in [1.29, 1.82) is 0 Å². The maximum atomic E-state index is 12.6. The van der Waals surface area contributed by atoms with Crippen molar-refractivity contribution in [1.82, 2.24) is 0 Å². The molecule has 1 aromatic rings. The number of hydrogen-bond donors (Lipinski definition) is 1. The van der Waals surface area contributed by atoms with Gasteiger partial charge in [-0.1, -0.05) is 0 Å². The van der Waals surface area contributed by atoms with Gasteiger partial charge in [-0.05, 0) is 6.07 Å². The molecular weight excluding hydrogens is 220 g/mol.